The van der Waals surface area contributed by atoms with Crippen LogP contribution in [-0.4, -0.2) is 61.2 Å². The van der Waals surface area contributed by atoms with Crippen molar-refractivity contribution in [2.45, 2.75) is 24.7 Å². The van der Waals surface area contributed by atoms with Gasteiger partial charge in [-0.05, 0) is 5.56 Å². The summed E-state index contributed by atoms with van der Waals surface area (Å²) in [5, 5.41) is 13.3. The topological polar surface area (TPSA) is 71.0 Å². The number of nitrogens with zero attached hydrogens (tertiary/aromatic N) is 1. The summed E-state index contributed by atoms with van der Waals surface area (Å²) >= 11 is 0. The number of methoxy groups -OCH3 is 1. The Morgan fingerprint density at radius 2 is 2.18 bits per heavy atom. The third kappa shape index (κ3) is 2.69. The second-order valence-electron chi connectivity index (χ2n) is 5.79. The fourth-order valence-corrected chi connectivity index (χ4v) is 3.59. The minimum Gasteiger partial charge on any atom is -0.453 e. The molecule has 0 spiro atoms. The zero-order valence-corrected chi connectivity index (χ0v) is 12.6. The highest BCUT2D eigenvalue weighted by molar-refractivity contribution is 5.69. The summed E-state index contributed by atoms with van der Waals surface area (Å²) in [5.74, 6) is 0.181. The van der Waals surface area contributed by atoms with E-state index in [2.05, 4.69) is 17.4 Å². The van der Waals surface area contributed by atoms with Gasteiger partial charge >= 0.3 is 6.09 Å². The molecular formula is C16H22N2O4. The van der Waals surface area contributed by atoms with Crippen molar-refractivity contribution in [1.82, 2.24) is 10.2 Å². The molecule has 0 saturated carbocycles. The molecule has 22 heavy (non-hydrogen) atoms. The Morgan fingerprint density at radius 3 is 2.86 bits per heavy atom. The normalized spacial score (nSPS) is 30.4. The van der Waals surface area contributed by atoms with Crippen LogP contribution >= 0.6 is 0 Å². The number of ether oxygens (including phenoxy) is 2. The Balaban J connectivity index is 1.75. The molecule has 0 aromatic heterocycles. The quantitative estimate of drug-likeness (QED) is 0.852. The second-order valence-corrected chi connectivity index (χ2v) is 5.79. The van der Waals surface area contributed by atoms with E-state index in [1.165, 1.54) is 12.7 Å². The van der Waals surface area contributed by atoms with E-state index < -0.39 is 6.09 Å². The van der Waals surface area contributed by atoms with Gasteiger partial charge in [0.25, 0.3) is 0 Å². The van der Waals surface area contributed by atoms with E-state index in [0.29, 0.717) is 19.8 Å². The molecule has 2 N–H and O–H groups in total. The van der Waals surface area contributed by atoms with Crippen LogP contribution in [0.1, 0.15) is 5.56 Å². The summed E-state index contributed by atoms with van der Waals surface area (Å²) < 4.78 is 10.4. The molecule has 1 aromatic rings. The molecule has 120 valence electrons. The van der Waals surface area contributed by atoms with E-state index in [1.807, 2.05) is 18.2 Å². The van der Waals surface area contributed by atoms with Gasteiger partial charge < -0.3 is 19.9 Å². The van der Waals surface area contributed by atoms with E-state index >= 15 is 0 Å². The Morgan fingerprint density at radius 1 is 1.41 bits per heavy atom. The molecule has 2 aliphatic rings. The van der Waals surface area contributed by atoms with Crippen molar-refractivity contribution < 1.29 is 19.4 Å². The van der Waals surface area contributed by atoms with E-state index in [-0.39, 0.29) is 30.7 Å². The van der Waals surface area contributed by atoms with Gasteiger partial charge in [0.2, 0.25) is 0 Å². The number of carbonyl (C=O) groups is 1. The summed E-state index contributed by atoms with van der Waals surface area (Å²) in [4.78, 5) is 13.7. The number of benzene rings is 1. The molecule has 2 saturated heterocycles. The molecule has 0 radical (unpaired) electrons. The number of hydrogen-bond donors (Lipinski definition) is 2. The standard InChI is InChI=1S/C16H22N2O4/c1-21-16(20)18-13(8-19)15(12-9-22-10-14(12)18)17-7-11-5-3-2-4-6-11/h2-6,12-15,17,19H,7-10H2,1H3/t12-,13-,14+,15-/m0/s1. The van der Waals surface area contributed by atoms with Crippen molar-refractivity contribution in [2.75, 3.05) is 26.9 Å². The average Bonchev–Trinajstić information content (AvgIpc) is 3.13. The van der Waals surface area contributed by atoms with Crippen LogP contribution in [0.4, 0.5) is 4.79 Å². The molecule has 4 atom stereocenters. The summed E-state index contributed by atoms with van der Waals surface area (Å²) in [6.45, 7) is 1.70. The number of fused-ring (bicyclic) bond motifs is 1. The number of aliphatic hydroxyl groups excluding tert-OH is 1. The number of likely N-dealkylation sites (tertiary alicyclic amines) is 1. The Labute approximate surface area is 130 Å². The molecule has 6 heteroatoms. The summed E-state index contributed by atoms with van der Waals surface area (Å²) in [7, 11) is 1.37. The lowest BCUT2D eigenvalue weighted by Gasteiger charge is -2.29. The van der Waals surface area contributed by atoms with Crippen LogP contribution in [0.3, 0.4) is 0 Å². The van der Waals surface area contributed by atoms with Gasteiger partial charge in [-0.25, -0.2) is 4.79 Å². The van der Waals surface area contributed by atoms with Gasteiger partial charge in [-0.1, -0.05) is 30.3 Å². The van der Waals surface area contributed by atoms with E-state index in [1.54, 1.807) is 4.90 Å². The Hall–Kier alpha value is -1.63. The number of aliphatic hydroxyl groups is 1. The highest BCUT2D eigenvalue weighted by Crippen LogP contribution is 2.35. The van der Waals surface area contributed by atoms with Crippen molar-refractivity contribution in [3.8, 4) is 0 Å². The van der Waals surface area contributed by atoms with Gasteiger partial charge in [-0.3, -0.25) is 4.90 Å². The van der Waals surface area contributed by atoms with Gasteiger partial charge in [0.05, 0.1) is 39.0 Å². The molecule has 2 fully saturated rings. The Kier molecular flexibility index (Phi) is 4.61. The molecule has 0 bridgehead atoms. The maximum Gasteiger partial charge on any atom is 0.410 e. The number of amides is 1. The number of nitrogens with one attached hydrogen (secondary N) is 1. The third-order valence-electron chi connectivity index (χ3n) is 4.64. The van der Waals surface area contributed by atoms with Crippen LogP contribution in [0, 0.1) is 5.92 Å². The monoisotopic (exact) mass is 306 g/mol. The van der Waals surface area contributed by atoms with Crippen molar-refractivity contribution in [3.05, 3.63) is 35.9 Å². The number of carbonyl (C=O) groups excluding carboxylic acids is 1. The maximum atomic E-state index is 12.1. The fourth-order valence-electron chi connectivity index (χ4n) is 3.59. The third-order valence-corrected chi connectivity index (χ3v) is 4.64. The Bertz CT molecular complexity index is 510. The smallest absolute Gasteiger partial charge is 0.410 e. The maximum absolute atomic E-state index is 12.1. The first-order chi connectivity index (χ1) is 10.8. The molecule has 0 unspecified atom stereocenters. The van der Waals surface area contributed by atoms with Crippen molar-refractivity contribution in [2.24, 2.45) is 5.92 Å². The van der Waals surface area contributed by atoms with Gasteiger partial charge in [0.15, 0.2) is 0 Å². The lowest BCUT2D eigenvalue weighted by atomic mass is 9.96. The van der Waals surface area contributed by atoms with E-state index in [4.69, 9.17) is 9.47 Å². The molecule has 1 amide bonds. The number of hydrogen-bond acceptors (Lipinski definition) is 5. The van der Waals surface area contributed by atoms with Gasteiger partial charge in [-0.15, -0.1) is 0 Å². The van der Waals surface area contributed by atoms with Crippen LogP contribution in [0.5, 0.6) is 0 Å². The fraction of sp³-hybridized carbons (Fsp3) is 0.562. The van der Waals surface area contributed by atoms with Crippen LogP contribution in [0.25, 0.3) is 0 Å². The first-order valence-corrected chi connectivity index (χ1v) is 7.58. The minimum absolute atomic E-state index is 0.00296. The minimum atomic E-state index is -0.399. The van der Waals surface area contributed by atoms with Crippen molar-refractivity contribution >= 4 is 6.09 Å². The van der Waals surface area contributed by atoms with Gasteiger partial charge in [0, 0.05) is 18.5 Å². The predicted molar refractivity (Wildman–Crippen MR) is 80.3 cm³/mol. The molecular weight excluding hydrogens is 284 g/mol. The zero-order valence-electron chi connectivity index (χ0n) is 12.6. The van der Waals surface area contributed by atoms with Crippen molar-refractivity contribution in [1.29, 1.82) is 0 Å². The molecule has 0 aliphatic carbocycles. The second kappa shape index (κ2) is 6.64. The molecule has 6 nitrogen and oxygen atoms in total. The van der Waals surface area contributed by atoms with E-state index in [9.17, 15) is 9.90 Å². The predicted octanol–water partition coefficient (Wildman–Crippen LogP) is 0.603. The molecule has 3 rings (SSSR count). The lowest BCUT2D eigenvalue weighted by molar-refractivity contribution is 0.0629. The van der Waals surface area contributed by atoms with Gasteiger partial charge in [-0.2, -0.15) is 0 Å². The zero-order chi connectivity index (χ0) is 15.5. The lowest BCUT2D eigenvalue weighted by Crippen LogP contribution is -2.49. The molecule has 2 aliphatic heterocycles. The highest BCUT2D eigenvalue weighted by atomic mass is 16.5. The van der Waals surface area contributed by atoms with Crippen molar-refractivity contribution in [3.63, 3.8) is 0 Å². The molecule has 1 aromatic carbocycles. The first-order valence-electron chi connectivity index (χ1n) is 7.58. The van der Waals surface area contributed by atoms with Crippen LogP contribution in [0.15, 0.2) is 30.3 Å². The SMILES string of the molecule is COC(=O)N1[C@@H]2COC[C@@H]2[C@H](NCc2ccccc2)[C@@H]1CO. The van der Waals surface area contributed by atoms with Gasteiger partial charge in [0.1, 0.15) is 0 Å². The highest BCUT2D eigenvalue weighted by Gasteiger charge is 2.53. The van der Waals surface area contributed by atoms with Crippen LogP contribution < -0.4 is 5.32 Å². The largest absolute Gasteiger partial charge is 0.453 e. The van der Waals surface area contributed by atoms with Crippen LogP contribution in [0.2, 0.25) is 0 Å². The first kappa shape index (κ1) is 15.3. The average molecular weight is 306 g/mol. The van der Waals surface area contributed by atoms with Crippen LogP contribution in [-0.2, 0) is 16.0 Å². The summed E-state index contributed by atoms with van der Waals surface area (Å²) in [5.41, 5.74) is 1.17. The number of rotatable bonds is 4. The van der Waals surface area contributed by atoms with E-state index in [0.717, 1.165) is 0 Å². The summed E-state index contributed by atoms with van der Waals surface area (Å²) in [6, 6.07) is 9.77. The summed E-state index contributed by atoms with van der Waals surface area (Å²) in [6.07, 6.45) is -0.399. The molecule has 2 heterocycles.